The molecule has 6 nitrogen and oxygen atoms in total. The van der Waals surface area contributed by atoms with Gasteiger partial charge in [-0.15, -0.1) is 0 Å². The maximum absolute atomic E-state index is 12.8. The van der Waals surface area contributed by atoms with Crippen LogP contribution < -0.4 is 5.32 Å². The molecular weight excluding hydrogens is 318 g/mol. The average Bonchev–Trinajstić information content (AvgIpc) is 3.17. The second kappa shape index (κ2) is 7.85. The van der Waals surface area contributed by atoms with Crippen molar-refractivity contribution in [3.05, 3.63) is 30.1 Å². The smallest absolute Gasteiger partial charge is 0.317 e. The fourth-order valence-electron chi connectivity index (χ4n) is 4.19. The van der Waals surface area contributed by atoms with E-state index in [2.05, 4.69) is 10.3 Å². The summed E-state index contributed by atoms with van der Waals surface area (Å²) in [5.74, 6) is -0.195. The molecule has 1 saturated heterocycles. The number of hydrogen-bond acceptors (Lipinski definition) is 4. The monoisotopic (exact) mass is 345 g/mol. The van der Waals surface area contributed by atoms with Gasteiger partial charge in [0.25, 0.3) is 0 Å². The van der Waals surface area contributed by atoms with Crippen LogP contribution in [0.5, 0.6) is 0 Å². The molecule has 2 amide bonds. The molecule has 25 heavy (non-hydrogen) atoms. The van der Waals surface area contributed by atoms with Gasteiger partial charge in [0.2, 0.25) is 0 Å². The number of hydrogen-bond donors (Lipinski definition) is 1. The first-order valence-electron chi connectivity index (χ1n) is 9.19. The second-order valence-electron chi connectivity index (χ2n) is 7.12. The highest BCUT2D eigenvalue weighted by Gasteiger charge is 2.41. The summed E-state index contributed by atoms with van der Waals surface area (Å²) in [5.41, 5.74) is 0.553. The number of esters is 1. The normalized spacial score (nSPS) is 22.4. The minimum atomic E-state index is -0.561. The van der Waals surface area contributed by atoms with E-state index < -0.39 is 5.41 Å². The van der Waals surface area contributed by atoms with Gasteiger partial charge in [0, 0.05) is 25.5 Å². The average molecular weight is 345 g/mol. The lowest BCUT2D eigenvalue weighted by Crippen LogP contribution is -2.48. The maximum atomic E-state index is 12.8. The van der Waals surface area contributed by atoms with Crippen LogP contribution in [0.25, 0.3) is 0 Å². The SMILES string of the molecule is COC(=O)C1(CNC(=O)N2CCC[C@H]2c2ccncc2)CCCCC1. The van der Waals surface area contributed by atoms with Gasteiger partial charge >= 0.3 is 12.0 Å². The van der Waals surface area contributed by atoms with Crippen molar-refractivity contribution < 1.29 is 14.3 Å². The molecule has 1 aromatic rings. The Morgan fingerprint density at radius 1 is 1.24 bits per heavy atom. The molecule has 1 N–H and O–H groups in total. The van der Waals surface area contributed by atoms with Crippen molar-refractivity contribution in [2.45, 2.75) is 51.0 Å². The molecule has 1 saturated carbocycles. The maximum Gasteiger partial charge on any atom is 0.317 e. The number of amides is 2. The van der Waals surface area contributed by atoms with E-state index in [4.69, 9.17) is 4.74 Å². The summed E-state index contributed by atoms with van der Waals surface area (Å²) in [6.07, 6.45) is 10.2. The van der Waals surface area contributed by atoms with Gasteiger partial charge in [-0.3, -0.25) is 9.78 Å². The predicted molar refractivity (Wildman–Crippen MR) is 93.9 cm³/mol. The number of likely N-dealkylation sites (tertiary alicyclic amines) is 1. The van der Waals surface area contributed by atoms with Gasteiger partial charge in [-0.05, 0) is 43.4 Å². The van der Waals surface area contributed by atoms with Gasteiger partial charge in [-0.2, -0.15) is 0 Å². The summed E-state index contributed by atoms with van der Waals surface area (Å²) in [4.78, 5) is 31.0. The molecule has 1 aliphatic carbocycles. The van der Waals surface area contributed by atoms with E-state index in [0.29, 0.717) is 6.54 Å². The van der Waals surface area contributed by atoms with E-state index in [1.165, 1.54) is 7.11 Å². The van der Waals surface area contributed by atoms with Crippen molar-refractivity contribution in [2.24, 2.45) is 5.41 Å². The highest BCUT2D eigenvalue weighted by molar-refractivity contribution is 5.80. The minimum absolute atomic E-state index is 0.0865. The summed E-state index contributed by atoms with van der Waals surface area (Å²) in [6, 6.07) is 3.93. The van der Waals surface area contributed by atoms with Crippen molar-refractivity contribution in [1.82, 2.24) is 15.2 Å². The molecule has 2 fully saturated rings. The molecule has 136 valence electrons. The van der Waals surface area contributed by atoms with Crippen molar-refractivity contribution in [1.29, 1.82) is 0 Å². The van der Waals surface area contributed by atoms with Gasteiger partial charge in [0.1, 0.15) is 0 Å². The quantitative estimate of drug-likeness (QED) is 0.852. The molecule has 1 aliphatic heterocycles. The Bertz CT molecular complexity index is 599. The van der Waals surface area contributed by atoms with E-state index in [-0.39, 0.29) is 18.0 Å². The molecule has 1 atom stereocenters. The van der Waals surface area contributed by atoms with Crippen molar-refractivity contribution in [3.8, 4) is 0 Å². The number of urea groups is 1. The molecule has 6 heteroatoms. The van der Waals surface area contributed by atoms with Gasteiger partial charge in [-0.1, -0.05) is 19.3 Å². The standard InChI is InChI=1S/C19H27N3O3/c1-25-17(23)19(9-3-2-4-10-19)14-21-18(24)22-13-5-6-16(22)15-7-11-20-12-8-15/h7-8,11-12,16H,2-6,9-10,13-14H2,1H3,(H,21,24)/t16-/m0/s1. The number of carbonyl (C=O) groups is 2. The summed E-state index contributed by atoms with van der Waals surface area (Å²) in [5, 5.41) is 3.02. The van der Waals surface area contributed by atoms with Crippen molar-refractivity contribution in [2.75, 3.05) is 20.2 Å². The lowest BCUT2D eigenvalue weighted by Gasteiger charge is -2.35. The number of carbonyl (C=O) groups excluding carboxylic acids is 2. The highest BCUT2D eigenvalue weighted by atomic mass is 16.5. The first-order chi connectivity index (χ1) is 12.2. The predicted octanol–water partition coefficient (Wildman–Crippen LogP) is 3.05. The third-order valence-corrected chi connectivity index (χ3v) is 5.61. The molecule has 0 spiro atoms. The van der Waals surface area contributed by atoms with E-state index in [9.17, 15) is 9.59 Å². The zero-order chi connectivity index (χ0) is 17.7. The highest BCUT2D eigenvalue weighted by Crippen LogP contribution is 2.37. The molecule has 0 unspecified atom stereocenters. The number of methoxy groups -OCH3 is 1. The van der Waals surface area contributed by atoms with Crippen LogP contribution >= 0.6 is 0 Å². The van der Waals surface area contributed by atoms with Crippen molar-refractivity contribution in [3.63, 3.8) is 0 Å². The van der Waals surface area contributed by atoms with Gasteiger partial charge in [0.05, 0.1) is 18.6 Å². The molecule has 2 aliphatic rings. The van der Waals surface area contributed by atoms with Crippen LogP contribution in [-0.4, -0.2) is 42.1 Å². The first-order valence-corrected chi connectivity index (χ1v) is 9.19. The summed E-state index contributed by atoms with van der Waals surface area (Å²) in [6.45, 7) is 1.10. The zero-order valence-corrected chi connectivity index (χ0v) is 14.9. The molecule has 0 radical (unpaired) electrons. The third-order valence-electron chi connectivity index (χ3n) is 5.61. The fourth-order valence-corrected chi connectivity index (χ4v) is 4.19. The van der Waals surface area contributed by atoms with Crippen LogP contribution in [0.1, 0.15) is 56.6 Å². The second-order valence-corrected chi connectivity index (χ2v) is 7.12. The van der Waals surface area contributed by atoms with Crippen LogP contribution in [0.3, 0.4) is 0 Å². The lowest BCUT2D eigenvalue weighted by molar-refractivity contribution is -0.154. The summed E-state index contributed by atoms with van der Waals surface area (Å²) in [7, 11) is 1.43. The van der Waals surface area contributed by atoms with E-state index in [0.717, 1.165) is 57.1 Å². The van der Waals surface area contributed by atoms with Crippen LogP contribution in [0.2, 0.25) is 0 Å². The number of nitrogens with one attached hydrogen (secondary N) is 1. The fraction of sp³-hybridized carbons (Fsp3) is 0.632. The molecule has 2 heterocycles. The van der Waals surface area contributed by atoms with Gasteiger partial charge in [-0.25, -0.2) is 4.79 Å². The van der Waals surface area contributed by atoms with Crippen LogP contribution in [0.4, 0.5) is 4.79 Å². The Morgan fingerprint density at radius 2 is 1.96 bits per heavy atom. The number of nitrogens with zero attached hydrogens (tertiary/aromatic N) is 2. The number of ether oxygens (including phenoxy) is 1. The number of rotatable bonds is 4. The minimum Gasteiger partial charge on any atom is -0.469 e. The Balaban J connectivity index is 1.65. The van der Waals surface area contributed by atoms with Crippen molar-refractivity contribution >= 4 is 12.0 Å². The van der Waals surface area contributed by atoms with E-state index in [1.807, 2.05) is 17.0 Å². The third kappa shape index (κ3) is 3.78. The first kappa shape index (κ1) is 17.7. The molecule has 1 aromatic heterocycles. The lowest BCUT2D eigenvalue weighted by atomic mass is 9.74. The Morgan fingerprint density at radius 3 is 2.64 bits per heavy atom. The van der Waals surface area contributed by atoms with Crippen LogP contribution in [0, 0.1) is 5.41 Å². The molecular formula is C19H27N3O3. The summed E-state index contributed by atoms with van der Waals surface area (Å²) < 4.78 is 5.03. The van der Waals surface area contributed by atoms with Crippen LogP contribution in [0.15, 0.2) is 24.5 Å². The summed E-state index contributed by atoms with van der Waals surface area (Å²) >= 11 is 0. The Labute approximate surface area is 148 Å². The Kier molecular flexibility index (Phi) is 5.56. The topological polar surface area (TPSA) is 71.5 Å². The Hall–Kier alpha value is -2.11. The molecule has 0 bridgehead atoms. The largest absolute Gasteiger partial charge is 0.469 e. The number of pyridine rings is 1. The van der Waals surface area contributed by atoms with E-state index >= 15 is 0 Å². The number of aromatic nitrogens is 1. The zero-order valence-electron chi connectivity index (χ0n) is 14.9. The van der Waals surface area contributed by atoms with E-state index in [1.54, 1.807) is 12.4 Å². The van der Waals surface area contributed by atoms with Crippen LogP contribution in [-0.2, 0) is 9.53 Å². The van der Waals surface area contributed by atoms with Gasteiger partial charge < -0.3 is 15.0 Å². The van der Waals surface area contributed by atoms with Gasteiger partial charge in [0.15, 0.2) is 0 Å². The molecule has 0 aromatic carbocycles. The molecule has 3 rings (SSSR count).